The first-order valence-electron chi connectivity index (χ1n) is 3.53. The highest BCUT2D eigenvalue weighted by Gasteiger charge is 2.28. The minimum atomic E-state index is -3.24. The van der Waals surface area contributed by atoms with Crippen LogP contribution in [0, 0.1) is 6.07 Å². The van der Waals surface area contributed by atoms with Crippen molar-refractivity contribution < 1.29 is 13.2 Å². The Morgan fingerprint density at radius 2 is 2.17 bits per heavy atom. The summed E-state index contributed by atoms with van der Waals surface area (Å²) in [5.41, 5.74) is 0.403. The van der Waals surface area contributed by atoms with Crippen molar-refractivity contribution >= 4 is 0 Å². The van der Waals surface area contributed by atoms with Gasteiger partial charge in [-0.15, -0.1) is 0 Å². The van der Waals surface area contributed by atoms with E-state index in [4.69, 9.17) is 0 Å². The fourth-order valence-corrected chi connectivity index (χ4v) is 0.886. The van der Waals surface area contributed by atoms with Crippen LogP contribution in [0.5, 0.6) is 0 Å². The van der Waals surface area contributed by atoms with Gasteiger partial charge in [-0.25, -0.2) is 13.2 Å². The molecule has 0 spiro atoms. The zero-order valence-corrected chi connectivity index (χ0v) is 6.36. The molecule has 0 nitrogen and oxygen atoms in total. The number of alkyl halides is 3. The fraction of sp³-hybridized carbons (Fsp3) is 0.333. The summed E-state index contributed by atoms with van der Waals surface area (Å²) in [5, 5.41) is 0. The first-order valence-corrected chi connectivity index (χ1v) is 3.53. The lowest BCUT2D eigenvalue weighted by atomic mass is 10.1. The summed E-state index contributed by atoms with van der Waals surface area (Å²) >= 11 is 0. The zero-order chi connectivity index (χ0) is 9.03. The second kappa shape index (κ2) is 3.61. The van der Waals surface area contributed by atoms with E-state index in [-0.39, 0.29) is 0 Å². The highest BCUT2D eigenvalue weighted by atomic mass is 19.3. The van der Waals surface area contributed by atoms with Crippen LogP contribution in [-0.4, -0.2) is 12.6 Å². The third-order valence-corrected chi connectivity index (χ3v) is 1.43. The monoisotopic (exact) mass is 173 g/mol. The standard InChI is InChI=1S/C9H8F3/c10-7-9(11,12)6-8-4-2-1-3-5-8/h1-2,4-5H,6-7H2. The molecule has 0 unspecified atom stereocenters. The Kier molecular flexibility index (Phi) is 2.74. The zero-order valence-electron chi connectivity index (χ0n) is 6.36. The molecule has 0 bridgehead atoms. The minimum Gasteiger partial charge on any atom is -0.244 e. The molecule has 0 heterocycles. The van der Waals surface area contributed by atoms with E-state index < -0.39 is 19.0 Å². The molecule has 0 fully saturated rings. The molecule has 0 saturated heterocycles. The Balaban J connectivity index is 2.64. The van der Waals surface area contributed by atoms with Crippen LogP contribution >= 0.6 is 0 Å². The van der Waals surface area contributed by atoms with Gasteiger partial charge >= 0.3 is 0 Å². The van der Waals surface area contributed by atoms with Crippen LogP contribution < -0.4 is 0 Å². The number of benzene rings is 1. The summed E-state index contributed by atoms with van der Waals surface area (Å²) in [4.78, 5) is 0. The first kappa shape index (κ1) is 9.10. The van der Waals surface area contributed by atoms with Crippen molar-refractivity contribution in [3.8, 4) is 0 Å². The van der Waals surface area contributed by atoms with Crippen LogP contribution in [0.1, 0.15) is 5.56 Å². The minimum absolute atomic E-state index is 0.403. The number of rotatable bonds is 3. The maximum absolute atomic E-state index is 12.4. The predicted molar refractivity (Wildman–Crippen MR) is 39.9 cm³/mol. The summed E-state index contributed by atoms with van der Waals surface area (Å²) in [6, 6.07) is 8.82. The molecule has 0 aliphatic heterocycles. The van der Waals surface area contributed by atoms with Crippen LogP contribution in [-0.2, 0) is 6.42 Å². The molecule has 1 rings (SSSR count). The van der Waals surface area contributed by atoms with Crippen molar-refractivity contribution in [3.63, 3.8) is 0 Å². The van der Waals surface area contributed by atoms with E-state index in [0.717, 1.165) is 0 Å². The molecule has 1 aromatic rings. The van der Waals surface area contributed by atoms with Gasteiger partial charge in [0.15, 0.2) is 6.67 Å². The van der Waals surface area contributed by atoms with Crippen molar-refractivity contribution in [2.75, 3.05) is 6.67 Å². The molecule has 1 aromatic carbocycles. The molecule has 1 radical (unpaired) electrons. The third kappa shape index (κ3) is 2.57. The van der Waals surface area contributed by atoms with Crippen molar-refractivity contribution in [2.24, 2.45) is 0 Å². The molecule has 12 heavy (non-hydrogen) atoms. The van der Waals surface area contributed by atoms with Crippen molar-refractivity contribution in [2.45, 2.75) is 12.3 Å². The molecule has 3 heteroatoms. The lowest BCUT2D eigenvalue weighted by Crippen LogP contribution is -2.21. The van der Waals surface area contributed by atoms with Crippen LogP contribution in [0.2, 0.25) is 0 Å². The summed E-state index contributed by atoms with van der Waals surface area (Å²) < 4.78 is 36.6. The maximum Gasteiger partial charge on any atom is 0.279 e. The smallest absolute Gasteiger partial charge is 0.244 e. The number of hydrogen-bond acceptors (Lipinski definition) is 0. The molecule has 0 amide bonds. The van der Waals surface area contributed by atoms with E-state index in [2.05, 4.69) is 6.07 Å². The highest BCUT2D eigenvalue weighted by molar-refractivity contribution is 5.15. The summed E-state index contributed by atoms with van der Waals surface area (Å²) in [6.45, 7) is -1.61. The second-order valence-electron chi connectivity index (χ2n) is 2.58. The largest absolute Gasteiger partial charge is 0.279 e. The molecule has 0 aliphatic carbocycles. The van der Waals surface area contributed by atoms with Gasteiger partial charge in [0, 0.05) is 6.42 Å². The van der Waals surface area contributed by atoms with Crippen LogP contribution in [0.25, 0.3) is 0 Å². The molecule has 0 atom stereocenters. The Labute approximate surface area is 69.0 Å². The molecular weight excluding hydrogens is 165 g/mol. The molecular formula is C9H8F3. The van der Waals surface area contributed by atoms with E-state index in [0.29, 0.717) is 5.56 Å². The summed E-state index contributed by atoms with van der Waals surface area (Å²) in [5.74, 6) is -3.24. The van der Waals surface area contributed by atoms with Gasteiger partial charge in [0.05, 0.1) is 0 Å². The van der Waals surface area contributed by atoms with E-state index in [1.54, 1.807) is 12.1 Å². The molecule has 0 saturated carbocycles. The van der Waals surface area contributed by atoms with E-state index in [1.807, 2.05) is 0 Å². The molecule has 65 valence electrons. The normalized spacial score (nSPS) is 11.6. The average molecular weight is 173 g/mol. The van der Waals surface area contributed by atoms with Crippen LogP contribution in [0.4, 0.5) is 13.2 Å². The Morgan fingerprint density at radius 3 is 2.67 bits per heavy atom. The van der Waals surface area contributed by atoms with Gasteiger partial charge in [-0.1, -0.05) is 24.3 Å². The highest BCUT2D eigenvalue weighted by Crippen LogP contribution is 2.19. The van der Waals surface area contributed by atoms with E-state index in [1.165, 1.54) is 12.1 Å². The van der Waals surface area contributed by atoms with Crippen LogP contribution in [0.3, 0.4) is 0 Å². The molecule has 0 N–H and O–H groups in total. The number of halogens is 3. The Hall–Kier alpha value is -0.990. The van der Waals surface area contributed by atoms with Gasteiger partial charge in [-0.3, -0.25) is 0 Å². The Morgan fingerprint density at radius 1 is 1.42 bits per heavy atom. The van der Waals surface area contributed by atoms with Gasteiger partial charge in [0.25, 0.3) is 5.92 Å². The third-order valence-electron chi connectivity index (χ3n) is 1.43. The Bertz CT molecular complexity index is 231. The summed E-state index contributed by atoms with van der Waals surface area (Å²) in [6.07, 6.45) is -0.555. The summed E-state index contributed by atoms with van der Waals surface area (Å²) in [7, 11) is 0. The second-order valence-corrected chi connectivity index (χ2v) is 2.58. The fourth-order valence-electron chi connectivity index (χ4n) is 0.886. The van der Waals surface area contributed by atoms with Gasteiger partial charge in [0.2, 0.25) is 0 Å². The van der Waals surface area contributed by atoms with Gasteiger partial charge < -0.3 is 0 Å². The van der Waals surface area contributed by atoms with E-state index in [9.17, 15) is 13.2 Å². The quantitative estimate of drug-likeness (QED) is 0.659. The van der Waals surface area contributed by atoms with Crippen molar-refractivity contribution in [1.82, 2.24) is 0 Å². The topological polar surface area (TPSA) is 0 Å². The van der Waals surface area contributed by atoms with Crippen molar-refractivity contribution in [1.29, 1.82) is 0 Å². The lowest BCUT2D eigenvalue weighted by Gasteiger charge is -2.10. The molecule has 0 aromatic heterocycles. The SMILES string of the molecule is FCC(F)(F)Cc1c[c]ccc1. The van der Waals surface area contributed by atoms with Crippen LogP contribution in [0.15, 0.2) is 24.3 Å². The van der Waals surface area contributed by atoms with Gasteiger partial charge in [0.1, 0.15) is 0 Å². The van der Waals surface area contributed by atoms with Gasteiger partial charge in [-0.2, -0.15) is 0 Å². The average Bonchev–Trinajstić information content (AvgIpc) is 2.06. The number of hydrogen-bond donors (Lipinski definition) is 0. The first-order chi connectivity index (χ1) is 5.64. The lowest BCUT2D eigenvalue weighted by molar-refractivity contribution is -0.0216. The maximum atomic E-state index is 12.4. The predicted octanol–water partition coefficient (Wildman–Crippen LogP) is 2.63. The van der Waals surface area contributed by atoms with Gasteiger partial charge in [-0.05, 0) is 11.6 Å². The molecule has 0 aliphatic rings. The van der Waals surface area contributed by atoms with Crippen molar-refractivity contribution in [3.05, 3.63) is 35.9 Å². The van der Waals surface area contributed by atoms with E-state index >= 15 is 0 Å².